The van der Waals surface area contributed by atoms with Crippen LogP contribution in [0.4, 0.5) is 0 Å². The molecule has 9 nitrogen and oxygen atoms in total. The molecule has 0 heterocycles. The SMILES string of the molecule is CCC[C@H](CC(=O)CC[C@H](NC(=O)[C@@H](N)CC(=O)CC)C(=O)O)C(=O)O. The van der Waals surface area contributed by atoms with Crippen molar-refractivity contribution in [2.45, 2.75) is 70.9 Å². The highest BCUT2D eigenvalue weighted by atomic mass is 16.4. The number of carboxylic acids is 2. The summed E-state index contributed by atoms with van der Waals surface area (Å²) in [4.78, 5) is 57.4. The molecular weight excluding hydrogens is 344 g/mol. The number of rotatable bonds is 14. The predicted octanol–water partition coefficient (Wildman–Crippen LogP) is 0.493. The van der Waals surface area contributed by atoms with Crippen LogP contribution in [0.2, 0.25) is 0 Å². The van der Waals surface area contributed by atoms with Crippen LogP contribution in [0.25, 0.3) is 0 Å². The summed E-state index contributed by atoms with van der Waals surface area (Å²) in [6.07, 6.45) is 0.493. The van der Waals surface area contributed by atoms with Crippen molar-refractivity contribution in [3.63, 3.8) is 0 Å². The molecule has 5 N–H and O–H groups in total. The Balaban J connectivity index is 4.62. The summed E-state index contributed by atoms with van der Waals surface area (Å²) in [6, 6.07) is -2.48. The number of carboxylic acid groups (broad SMARTS) is 2. The molecule has 0 rings (SSSR count). The lowest BCUT2D eigenvalue weighted by Crippen LogP contribution is -2.49. The van der Waals surface area contributed by atoms with E-state index in [9.17, 15) is 29.1 Å². The van der Waals surface area contributed by atoms with Crippen molar-refractivity contribution in [1.29, 1.82) is 0 Å². The number of hydrogen-bond donors (Lipinski definition) is 4. The standard InChI is InChI=1S/C17H28N2O7/c1-3-5-10(16(23)24)8-12(21)6-7-14(17(25)26)19-15(22)13(18)9-11(20)4-2/h10,13-14H,3-9,18H2,1-2H3,(H,19,22)(H,23,24)(H,25,26)/t10-,13+,14+/m1/s1. The van der Waals surface area contributed by atoms with E-state index < -0.39 is 35.8 Å². The van der Waals surface area contributed by atoms with Gasteiger partial charge in [0, 0.05) is 25.7 Å². The predicted molar refractivity (Wildman–Crippen MR) is 92.3 cm³/mol. The van der Waals surface area contributed by atoms with E-state index in [-0.39, 0.29) is 43.7 Å². The zero-order chi connectivity index (χ0) is 20.3. The minimum Gasteiger partial charge on any atom is -0.481 e. The number of amides is 1. The summed E-state index contributed by atoms with van der Waals surface area (Å²) in [5.41, 5.74) is 5.57. The second-order valence-corrected chi connectivity index (χ2v) is 6.21. The molecule has 148 valence electrons. The van der Waals surface area contributed by atoms with E-state index in [0.29, 0.717) is 12.8 Å². The fraction of sp³-hybridized carbons (Fsp3) is 0.706. The summed E-state index contributed by atoms with van der Waals surface area (Å²) >= 11 is 0. The third-order valence-corrected chi connectivity index (χ3v) is 3.97. The number of nitrogens with two attached hydrogens (primary N) is 1. The molecule has 0 spiro atoms. The first kappa shape index (κ1) is 23.7. The van der Waals surface area contributed by atoms with E-state index in [2.05, 4.69) is 5.32 Å². The Morgan fingerprint density at radius 2 is 1.54 bits per heavy atom. The maximum atomic E-state index is 11.9. The first-order valence-corrected chi connectivity index (χ1v) is 8.67. The zero-order valence-electron chi connectivity index (χ0n) is 15.2. The number of ketones is 2. The highest BCUT2D eigenvalue weighted by molar-refractivity contribution is 5.91. The molecule has 0 fully saturated rings. The lowest BCUT2D eigenvalue weighted by molar-refractivity contribution is -0.144. The van der Waals surface area contributed by atoms with Crippen LogP contribution in [0.5, 0.6) is 0 Å². The molecule has 1 amide bonds. The molecule has 3 atom stereocenters. The average molecular weight is 372 g/mol. The van der Waals surface area contributed by atoms with Gasteiger partial charge in [-0.05, 0) is 12.8 Å². The van der Waals surface area contributed by atoms with Crippen LogP contribution >= 0.6 is 0 Å². The first-order valence-electron chi connectivity index (χ1n) is 8.67. The van der Waals surface area contributed by atoms with Gasteiger partial charge in [0.1, 0.15) is 17.6 Å². The fourth-order valence-corrected chi connectivity index (χ4v) is 2.36. The summed E-state index contributed by atoms with van der Waals surface area (Å²) in [6.45, 7) is 3.44. The minimum absolute atomic E-state index is 0.173. The van der Waals surface area contributed by atoms with Gasteiger partial charge in [-0.25, -0.2) is 4.79 Å². The number of aliphatic carboxylic acids is 2. The minimum atomic E-state index is -1.33. The molecule has 26 heavy (non-hydrogen) atoms. The van der Waals surface area contributed by atoms with Crippen LogP contribution in [0.1, 0.15) is 58.8 Å². The molecule has 0 saturated carbocycles. The fourth-order valence-electron chi connectivity index (χ4n) is 2.36. The van der Waals surface area contributed by atoms with Crippen molar-refractivity contribution >= 4 is 29.4 Å². The van der Waals surface area contributed by atoms with E-state index in [1.54, 1.807) is 6.92 Å². The molecule has 9 heteroatoms. The molecule has 0 aliphatic carbocycles. The van der Waals surface area contributed by atoms with Crippen LogP contribution in [0, 0.1) is 5.92 Å². The molecule has 0 unspecified atom stereocenters. The maximum absolute atomic E-state index is 11.9. The van der Waals surface area contributed by atoms with Gasteiger partial charge in [-0.3, -0.25) is 19.2 Å². The molecule has 0 radical (unpaired) electrons. The molecule has 0 saturated heterocycles. The summed E-state index contributed by atoms with van der Waals surface area (Å²) in [7, 11) is 0. The van der Waals surface area contributed by atoms with E-state index in [4.69, 9.17) is 10.8 Å². The molecule has 0 aliphatic rings. The van der Waals surface area contributed by atoms with Crippen molar-refractivity contribution in [2.75, 3.05) is 0 Å². The van der Waals surface area contributed by atoms with Crippen molar-refractivity contribution in [1.82, 2.24) is 5.32 Å². The van der Waals surface area contributed by atoms with Gasteiger partial charge in [0.25, 0.3) is 0 Å². The van der Waals surface area contributed by atoms with Crippen molar-refractivity contribution in [2.24, 2.45) is 11.7 Å². The topological polar surface area (TPSA) is 164 Å². The molecule has 0 aromatic carbocycles. The molecule has 0 aromatic rings. The maximum Gasteiger partial charge on any atom is 0.326 e. The third kappa shape index (κ3) is 9.26. The zero-order valence-corrected chi connectivity index (χ0v) is 15.2. The van der Waals surface area contributed by atoms with E-state index >= 15 is 0 Å². The Kier molecular flexibility index (Phi) is 11.1. The van der Waals surface area contributed by atoms with E-state index in [0.717, 1.165) is 0 Å². The van der Waals surface area contributed by atoms with Crippen LogP contribution in [-0.2, 0) is 24.0 Å². The van der Waals surface area contributed by atoms with E-state index in [1.807, 2.05) is 6.92 Å². The Hall–Kier alpha value is -2.29. The summed E-state index contributed by atoms with van der Waals surface area (Å²) in [5, 5.41) is 20.4. The average Bonchev–Trinajstić information content (AvgIpc) is 2.57. The first-order chi connectivity index (χ1) is 12.1. The third-order valence-electron chi connectivity index (χ3n) is 3.97. The Morgan fingerprint density at radius 1 is 0.923 bits per heavy atom. The van der Waals surface area contributed by atoms with Crippen LogP contribution in [0.15, 0.2) is 0 Å². The molecular formula is C17H28N2O7. The van der Waals surface area contributed by atoms with Crippen LogP contribution < -0.4 is 11.1 Å². The normalized spacial score (nSPS) is 14.1. The highest BCUT2D eigenvalue weighted by Crippen LogP contribution is 2.14. The monoisotopic (exact) mass is 372 g/mol. The van der Waals surface area contributed by atoms with Gasteiger partial charge in [-0.1, -0.05) is 20.3 Å². The van der Waals surface area contributed by atoms with Gasteiger partial charge >= 0.3 is 11.9 Å². The smallest absolute Gasteiger partial charge is 0.326 e. The van der Waals surface area contributed by atoms with Crippen molar-refractivity contribution < 1.29 is 34.2 Å². The summed E-state index contributed by atoms with van der Waals surface area (Å²) < 4.78 is 0. The van der Waals surface area contributed by atoms with Gasteiger partial charge in [-0.2, -0.15) is 0 Å². The summed E-state index contributed by atoms with van der Waals surface area (Å²) in [5.74, 6) is -4.56. The number of Topliss-reactive ketones (excluding diaryl/α,β-unsaturated/α-hetero) is 2. The second kappa shape index (κ2) is 12.1. The highest BCUT2D eigenvalue weighted by Gasteiger charge is 2.26. The van der Waals surface area contributed by atoms with Crippen molar-refractivity contribution in [3.8, 4) is 0 Å². The van der Waals surface area contributed by atoms with Crippen LogP contribution in [-0.4, -0.2) is 51.7 Å². The van der Waals surface area contributed by atoms with Gasteiger partial charge in [0.15, 0.2) is 0 Å². The largest absolute Gasteiger partial charge is 0.481 e. The Bertz CT molecular complexity index is 533. The Labute approximate surface area is 152 Å². The van der Waals surface area contributed by atoms with Gasteiger partial charge in [0.2, 0.25) is 5.91 Å². The number of hydrogen-bond acceptors (Lipinski definition) is 6. The van der Waals surface area contributed by atoms with Crippen molar-refractivity contribution in [3.05, 3.63) is 0 Å². The number of carbonyl (C=O) groups is 5. The quantitative estimate of drug-likeness (QED) is 0.342. The molecule has 0 aromatic heterocycles. The number of carbonyl (C=O) groups excluding carboxylic acids is 3. The van der Waals surface area contributed by atoms with Gasteiger partial charge in [-0.15, -0.1) is 0 Å². The van der Waals surface area contributed by atoms with Gasteiger partial charge in [0.05, 0.1) is 12.0 Å². The molecule has 0 bridgehead atoms. The van der Waals surface area contributed by atoms with E-state index in [1.165, 1.54) is 0 Å². The van der Waals surface area contributed by atoms with Gasteiger partial charge < -0.3 is 21.3 Å². The lowest BCUT2D eigenvalue weighted by atomic mass is 9.95. The second-order valence-electron chi connectivity index (χ2n) is 6.21. The Morgan fingerprint density at radius 3 is 2.00 bits per heavy atom. The number of nitrogens with one attached hydrogen (secondary N) is 1. The lowest BCUT2D eigenvalue weighted by Gasteiger charge is -2.17. The van der Waals surface area contributed by atoms with Crippen LogP contribution in [0.3, 0.4) is 0 Å². The molecule has 0 aliphatic heterocycles.